The van der Waals surface area contributed by atoms with Crippen LogP contribution in [0.4, 0.5) is 53.3 Å². The summed E-state index contributed by atoms with van der Waals surface area (Å²) >= 11 is 0. The summed E-state index contributed by atoms with van der Waals surface area (Å²) in [6, 6.07) is 37.0. The van der Waals surface area contributed by atoms with Crippen molar-refractivity contribution in [1.29, 1.82) is 0 Å². The molecule has 0 unspecified atom stereocenters. The van der Waals surface area contributed by atoms with Crippen LogP contribution >= 0.6 is 0 Å². The lowest BCUT2D eigenvalue weighted by molar-refractivity contribution is 0.214. The number of benzene rings is 6. The molecule has 0 fully saturated rings. The van der Waals surface area contributed by atoms with Gasteiger partial charge in [-0.2, -0.15) is 0 Å². The van der Waals surface area contributed by atoms with Gasteiger partial charge in [0.05, 0.1) is 9.79 Å². The molecule has 0 saturated heterocycles. The van der Waals surface area contributed by atoms with Gasteiger partial charge in [0.1, 0.15) is 11.5 Å². The summed E-state index contributed by atoms with van der Waals surface area (Å²) in [5.74, 6) is 0.733. The predicted octanol–water partition coefficient (Wildman–Crippen LogP) is 9.65. The second kappa shape index (κ2) is 17.7. The van der Waals surface area contributed by atoms with Gasteiger partial charge in [-0.15, -0.1) is 0 Å². The van der Waals surface area contributed by atoms with Gasteiger partial charge in [0.2, 0.25) is 9.84 Å². The molecule has 0 heterocycles. The fourth-order valence-corrected chi connectivity index (χ4v) is 6.69. The van der Waals surface area contributed by atoms with Crippen LogP contribution in [0.1, 0.15) is 11.1 Å². The van der Waals surface area contributed by atoms with Crippen molar-refractivity contribution >= 4 is 68.2 Å². The van der Waals surface area contributed by atoms with Crippen molar-refractivity contribution in [2.24, 2.45) is 0 Å². The number of carbonyl (C=O) groups is 4. The van der Waals surface area contributed by atoms with Crippen molar-refractivity contribution in [2.45, 2.75) is 23.6 Å². The van der Waals surface area contributed by atoms with Crippen molar-refractivity contribution in [3.05, 3.63) is 157 Å². The molecule has 0 aromatic heterocycles. The third kappa shape index (κ3) is 10.7. The van der Waals surface area contributed by atoms with Crippen LogP contribution in [0.3, 0.4) is 0 Å². The van der Waals surface area contributed by atoms with Gasteiger partial charge in [-0.1, -0.05) is 60.7 Å². The number of anilines is 6. The largest absolute Gasteiger partial charge is 0.417 e. The van der Waals surface area contributed by atoms with Gasteiger partial charge < -0.3 is 30.7 Å². The summed E-state index contributed by atoms with van der Waals surface area (Å²) in [6.07, 6.45) is -1.41. The lowest BCUT2D eigenvalue weighted by atomic mass is 10.2. The number of hydrogen-bond acceptors (Lipinski definition) is 8. The van der Waals surface area contributed by atoms with E-state index in [1.165, 1.54) is 48.5 Å². The van der Waals surface area contributed by atoms with Gasteiger partial charge in [0.15, 0.2) is 0 Å². The Morgan fingerprint density at radius 1 is 0.421 bits per heavy atom. The zero-order valence-corrected chi connectivity index (χ0v) is 31.3. The van der Waals surface area contributed by atoms with E-state index in [1.807, 2.05) is 0 Å². The zero-order chi connectivity index (χ0) is 40.4. The number of aryl methyl sites for hydroxylation is 2. The molecule has 0 saturated carbocycles. The molecule has 6 N–H and O–H groups in total. The standard InChI is InChI=1S/C42H36N6O8S/c1-27-20-22-32(46-41(51)55-33-13-5-3-6-14-33)26-37(27)47-40(50)44-30-12-10-18-36(24-30)57(53,54)35-17-9-11-29(23-35)43-39(49)45-31-21-19-28(2)38(25-31)48-42(52)56-34-15-7-4-8-16-34/h3-26H,1-2H3,(H,46,51)(H,48,52)(H2,43,45,49)(H2,44,47,50). The molecule has 14 nitrogen and oxygen atoms in total. The van der Waals surface area contributed by atoms with Crippen LogP contribution in [0.2, 0.25) is 0 Å². The molecule has 6 amide bonds. The molecule has 0 aliphatic rings. The third-order valence-corrected chi connectivity index (χ3v) is 9.93. The minimum atomic E-state index is -4.11. The van der Waals surface area contributed by atoms with E-state index in [0.717, 1.165) is 5.56 Å². The van der Waals surface area contributed by atoms with E-state index in [0.29, 0.717) is 39.8 Å². The summed E-state index contributed by atoms with van der Waals surface area (Å²) in [4.78, 5) is 50.5. The molecule has 0 radical (unpaired) electrons. The van der Waals surface area contributed by atoms with Gasteiger partial charge >= 0.3 is 24.2 Å². The predicted molar refractivity (Wildman–Crippen MR) is 218 cm³/mol. The highest BCUT2D eigenvalue weighted by molar-refractivity contribution is 7.91. The number of rotatable bonds is 10. The molecule has 0 spiro atoms. The fraction of sp³-hybridized carbons (Fsp3) is 0.0476. The minimum Gasteiger partial charge on any atom is -0.410 e. The summed E-state index contributed by atoms with van der Waals surface area (Å²) in [6.45, 7) is 3.55. The molecule has 6 aromatic rings. The quantitative estimate of drug-likeness (QED) is 0.0790. The van der Waals surface area contributed by atoms with Crippen LogP contribution in [0, 0.1) is 13.8 Å². The molecule has 0 bridgehead atoms. The highest BCUT2D eigenvalue weighted by Crippen LogP contribution is 2.27. The first-order valence-corrected chi connectivity index (χ1v) is 18.8. The summed E-state index contributed by atoms with van der Waals surface area (Å²) in [5.41, 5.74) is 3.35. The van der Waals surface area contributed by atoms with Crippen molar-refractivity contribution in [3.63, 3.8) is 0 Å². The van der Waals surface area contributed by atoms with Crippen LogP contribution in [-0.4, -0.2) is 32.7 Å². The molecule has 0 aliphatic heterocycles. The van der Waals surface area contributed by atoms with Crippen LogP contribution in [0.15, 0.2) is 155 Å². The Morgan fingerprint density at radius 2 is 0.825 bits per heavy atom. The fourth-order valence-electron chi connectivity index (χ4n) is 5.34. The molecule has 57 heavy (non-hydrogen) atoms. The van der Waals surface area contributed by atoms with Crippen LogP contribution in [-0.2, 0) is 9.84 Å². The maximum Gasteiger partial charge on any atom is 0.417 e. The van der Waals surface area contributed by atoms with Gasteiger partial charge in [0.25, 0.3) is 0 Å². The minimum absolute atomic E-state index is 0.105. The van der Waals surface area contributed by atoms with Crippen LogP contribution < -0.4 is 41.4 Å². The molecule has 6 aromatic carbocycles. The Hall–Kier alpha value is -7.65. The number of para-hydroxylation sites is 2. The van der Waals surface area contributed by atoms with E-state index in [4.69, 9.17) is 9.47 Å². The lowest BCUT2D eigenvalue weighted by Crippen LogP contribution is -2.21. The van der Waals surface area contributed by atoms with Gasteiger partial charge in [0, 0.05) is 34.1 Å². The molecule has 0 aliphatic carbocycles. The number of ether oxygens (including phenoxy) is 2. The van der Waals surface area contributed by atoms with E-state index >= 15 is 0 Å². The Bertz CT molecular complexity index is 2550. The second-order valence-electron chi connectivity index (χ2n) is 12.4. The van der Waals surface area contributed by atoms with Crippen molar-refractivity contribution in [3.8, 4) is 11.5 Å². The Balaban J connectivity index is 1.06. The first kappa shape index (κ1) is 39.1. The Morgan fingerprint density at radius 3 is 1.32 bits per heavy atom. The van der Waals surface area contributed by atoms with E-state index in [-0.39, 0.29) is 21.2 Å². The summed E-state index contributed by atoms with van der Waals surface area (Å²) in [7, 11) is -4.11. The normalized spacial score (nSPS) is 10.7. The van der Waals surface area contributed by atoms with Crippen molar-refractivity contribution in [2.75, 3.05) is 31.9 Å². The molecule has 6 rings (SSSR count). The van der Waals surface area contributed by atoms with E-state index in [9.17, 15) is 27.6 Å². The van der Waals surface area contributed by atoms with Crippen LogP contribution in [0.5, 0.6) is 11.5 Å². The topological polar surface area (TPSA) is 193 Å². The second-order valence-corrected chi connectivity index (χ2v) is 14.4. The average molecular weight is 785 g/mol. The number of nitrogens with one attached hydrogen (secondary N) is 6. The molecular weight excluding hydrogens is 749 g/mol. The zero-order valence-electron chi connectivity index (χ0n) is 30.5. The van der Waals surface area contributed by atoms with Crippen molar-refractivity contribution < 1.29 is 37.1 Å². The smallest absolute Gasteiger partial charge is 0.410 e. The third-order valence-electron chi connectivity index (χ3n) is 8.18. The highest BCUT2D eigenvalue weighted by atomic mass is 32.2. The van der Waals surface area contributed by atoms with Crippen LogP contribution in [0.25, 0.3) is 0 Å². The molecule has 15 heteroatoms. The van der Waals surface area contributed by atoms with E-state index in [1.54, 1.807) is 111 Å². The van der Waals surface area contributed by atoms with Gasteiger partial charge in [-0.25, -0.2) is 27.6 Å². The maximum atomic E-state index is 13.7. The molecular formula is C42H36N6O8S. The molecule has 288 valence electrons. The van der Waals surface area contributed by atoms with E-state index < -0.39 is 34.1 Å². The SMILES string of the molecule is Cc1ccc(NC(=O)Oc2ccccc2)cc1NC(=O)Nc1cccc(S(=O)(=O)c2cccc(NC(=O)Nc3ccc(C)c(NC(=O)Oc4ccccc4)c3)c2)c1. The van der Waals surface area contributed by atoms with Crippen molar-refractivity contribution in [1.82, 2.24) is 0 Å². The first-order valence-electron chi connectivity index (χ1n) is 17.3. The monoisotopic (exact) mass is 784 g/mol. The first-order chi connectivity index (χ1) is 27.4. The van der Waals surface area contributed by atoms with Gasteiger partial charge in [-0.05, 0) is 110 Å². The number of amides is 6. The van der Waals surface area contributed by atoms with E-state index in [2.05, 4.69) is 31.9 Å². The Labute approximate surface area is 328 Å². The molecule has 0 atom stereocenters. The number of carbonyl (C=O) groups excluding carboxylic acids is 4. The average Bonchev–Trinajstić information content (AvgIpc) is 3.18. The highest BCUT2D eigenvalue weighted by Gasteiger charge is 2.20. The Kier molecular flexibility index (Phi) is 12.1. The number of urea groups is 2. The number of hydrogen-bond donors (Lipinski definition) is 6. The maximum absolute atomic E-state index is 13.7. The number of sulfone groups is 1. The lowest BCUT2D eigenvalue weighted by Gasteiger charge is -2.14. The van der Waals surface area contributed by atoms with Gasteiger partial charge in [-0.3, -0.25) is 10.6 Å². The summed E-state index contributed by atoms with van der Waals surface area (Å²) in [5, 5.41) is 15.9. The summed E-state index contributed by atoms with van der Waals surface area (Å²) < 4.78 is 38.0.